The van der Waals surface area contributed by atoms with Crippen molar-refractivity contribution >= 4 is 21.3 Å². The summed E-state index contributed by atoms with van der Waals surface area (Å²) in [7, 11) is -3.30. The van der Waals surface area contributed by atoms with Crippen molar-refractivity contribution < 1.29 is 13.2 Å². The van der Waals surface area contributed by atoms with Crippen molar-refractivity contribution in [2.75, 3.05) is 12.3 Å². The molecule has 114 valence electrons. The Morgan fingerprint density at radius 1 is 1.33 bits per heavy atom. The van der Waals surface area contributed by atoms with Crippen molar-refractivity contribution in [3.63, 3.8) is 0 Å². The van der Waals surface area contributed by atoms with E-state index in [9.17, 15) is 13.2 Å². The lowest BCUT2D eigenvalue weighted by molar-refractivity contribution is -0.120. The molecule has 0 radical (unpaired) electrons. The molecule has 0 spiro atoms. The molecule has 0 aliphatic carbocycles. The Morgan fingerprint density at radius 3 is 2.52 bits per heavy atom. The molecule has 0 bridgehead atoms. The topological polar surface area (TPSA) is 63.2 Å². The number of carbonyl (C=O) groups is 1. The van der Waals surface area contributed by atoms with Gasteiger partial charge in [0.05, 0.1) is 11.0 Å². The predicted octanol–water partition coefficient (Wildman–Crippen LogP) is 2.20. The first-order valence-corrected chi connectivity index (χ1v) is 8.42. The lowest BCUT2D eigenvalue weighted by Crippen LogP contribution is -2.28. The van der Waals surface area contributed by atoms with Crippen LogP contribution >= 0.6 is 0 Å². The minimum absolute atomic E-state index is 0.0530. The third kappa shape index (κ3) is 5.55. The quantitative estimate of drug-likeness (QED) is 0.749. The molecule has 1 aromatic carbocycles. The van der Waals surface area contributed by atoms with Gasteiger partial charge in [-0.25, -0.2) is 8.42 Å². The Labute approximate surface area is 126 Å². The summed E-state index contributed by atoms with van der Waals surface area (Å²) in [4.78, 5) is 11.7. The highest BCUT2D eigenvalue weighted by molar-refractivity contribution is 7.92. The average Bonchev–Trinajstić information content (AvgIpc) is 2.50. The molecule has 1 unspecified atom stereocenters. The molecule has 1 atom stereocenters. The van der Waals surface area contributed by atoms with Crippen molar-refractivity contribution in [3.8, 4) is 0 Å². The van der Waals surface area contributed by atoms with Gasteiger partial charge in [0.15, 0.2) is 9.84 Å². The number of sulfone groups is 1. The number of carbonyl (C=O) groups excluding carboxylic acids is 1. The molecular weight excluding hydrogens is 286 g/mol. The predicted molar refractivity (Wildman–Crippen MR) is 86.5 cm³/mol. The van der Waals surface area contributed by atoms with Crippen molar-refractivity contribution in [2.24, 2.45) is 0 Å². The molecule has 1 N–H and O–H groups in total. The Morgan fingerprint density at radius 2 is 1.95 bits per heavy atom. The van der Waals surface area contributed by atoms with Gasteiger partial charge in [-0.15, -0.1) is 6.58 Å². The fourth-order valence-electron chi connectivity index (χ4n) is 1.64. The molecule has 0 fully saturated rings. The van der Waals surface area contributed by atoms with Gasteiger partial charge in [0.25, 0.3) is 0 Å². The van der Waals surface area contributed by atoms with Gasteiger partial charge in [0.2, 0.25) is 5.91 Å². The zero-order valence-electron chi connectivity index (χ0n) is 12.2. The Kier molecular flexibility index (Phi) is 6.37. The Hall–Kier alpha value is -1.88. The summed E-state index contributed by atoms with van der Waals surface area (Å²) >= 11 is 0. The molecule has 0 aromatic heterocycles. The summed E-state index contributed by atoms with van der Waals surface area (Å²) in [6.07, 6.45) is 1.31. The summed E-state index contributed by atoms with van der Waals surface area (Å²) in [5.74, 6) is -0.476. The maximum Gasteiger partial charge on any atom is 0.221 e. The van der Waals surface area contributed by atoms with E-state index in [0.717, 1.165) is 11.1 Å². The van der Waals surface area contributed by atoms with E-state index in [1.54, 1.807) is 6.92 Å². The highest BCUT2D eigenvalue weighted by Crippen LogP contribution is 2.10. The van der Waals surface area contributed by atoms with Gasteiger partial charge >= 0.3 is 0 Å². The summed E-state index contributed by atoms with van der Waals surface area (Å²) in [5, 5.41) is 2.05. The van der Waals surface area contributed by atoms with Gasteiger partial charge in [-0.3, -0.25) is 4.79 Å². The van der Waals surface area contributed by atoms with E-state index < -0.39 is 15.1 Å². The van der Waals surface area contributed by atoms with Crippen LogP contribution in [0.15, 0.2) is 49.6 Å². The summed E-state index contributed by atoms with van der Waals surface area (Å²) in [6.45, 7) is 9.22. The molecule has 0 heterocycles. The highest BCUT2D eigenvalue weighted by Gasteiger charge is 2.19. The molecule has 0 saturated heterocycles. The van der Waals surface area contributed by atoms with E-state index >= 15 is 0 Å². The van der Waals surface area contributed by atoms with E-state index in [2.05, 4.69) is 18.5 Å². The lowest BCUT2D eigenvalue weighted by atomic mass is 10.1. The molecule has 0 aliphatic rings. The van der Waals surface area contributed by atoms with Crippen LogP contribution in [-0.2, 0) is 14.6 Å². The van der Waals surface area contributed by atoms with E-state index in [0.29, 0.717) is 6.54 Å². The van der Waals surface area contributed by atoms with Crippen LogP contribution in [0, 0.1) is 0 Å². The van der Waals surface area contributed by atoms with E-state index in [4.69, 9.17) is 0 Å². The van der Waals surface area contributed by atoms with Crippen LogP contribution in [0.1, 0.15) is 18.9 Å². The fraction of sp³-hybridized carbons (Fsp3) is 0.312. The van der Waals surface area contributed by atoms with E-state index in [1.807, 2.05) is 30.3 Å². The molecule has 21 heavy (non-hydrogen) atoms. The largest absolute Gasteiger partial charge is 0.352 e. The Bertz CT molecular complexity index is 606. The van der Waals surface area contributed by atoms with Crippen molar-refractivity contribution in [1.82, 2.24) is 5.32 Å². The second-order valence-corrected chi connectivity index (χ2v) is 7.28. The van der Waals surface area contributed by atoms with E-state index in [1.165, 1.54) is 6.08 Å². The maximum atomic E-state index is 11.8. The van der Waals surface area contributed by atoms with Crippen LogP contribution in [0.5, 0.6) is 0 Å². The van der Waals surface area contributed by atoms with Gasteiger partial charge in [-0.1, -0.05) is 43.0 Å². The first kappa shape index (κ1) is 17.2. The van der Waals surface area contributed by atoms with Crippen molar-refractivity contribution in [3.05, 3.63) is 55.1 Å². The number of amides is 1. The average molecular weight is 307 g/mol. The summed E-state index contributed by atoms with van der Waals surface area (Å²) < 4.78 is 23.5. The first-order chi connectivity index (χ1) is 9.86. The number of benzene rings is 1. The van der Waals surface area contributed by atoms with Gasteiger partial charge < -0.3 is 5.32 Å². The third-order valence-electron chi connectivity index (χ3n) is 3.19. The zero-order chi connectivity index (χ0) is 15.9. The molecule has 0 aliphatic heterocycles. The molecular formula is C16H21NO3S. The monoisotopic (exact) mass is 307 g/mol. The maximum absolute atomic E-state index is 11.8. The number of hydrogen-bond acceptors (Lipinski definition) is 3. The van der Waals surface area contributed by atoms with Crippen molar-refractivity contribution in [1.29, 1.82) is 0 Å². The second-order valence-electron chi connectivity index (χ2n) is 4.80. The third-order valence-corrected chi connectivity index (χ3v) is 5.29. The zero-order valence-corrected chi connectivity index (χ0v) is 13.0. The molecule has 0 saturated carbocycles. The van der Waals surface area contributed by atoms with Gasteiger partial charge in [0.1, 0.15) is 0 Å². The smallest absolute Gasteiger partial charge is 0.221 e. The van der Waals surface area contributed by atoms with Crippen LogP contribution in [-0.4, -0.2) is 31.9 Å². The molecule has 5 heteroatoms. The molecule has 1 rings (SSSR count). The van der Waals surface area contributed by atoms with Crippen molar-refractivity contribution in [2.45, 2.75) is 18.6 Å². The minimum Gasteiger partial charge on any atom is -0.352 e. The Balaban J connectivity index is 2.42. The summed E-state index contributed by atoms with van der Waals surface area (Å²) in [5.41, 5.74) is 1.73. The number of hydrogen-bond donors (Lipinski definition) is 1. The van der Waals surface area contributed by atoms with Crippen LogP contribution in [0.4, 0.5) is 0 Å². The number of rotatable bonds is 8. The van der Waals surface area contributed by atoms with Crippen LogP contribution in [0.25, 0.3) is 5.57 Å². The SMILES string of the molecule is C=CC(C)S(=O)(=O)CCC(=O)NCC(=C)c1ccccc1. The number of nitrogens with one attached hydrogen (secondary N) is 1. The van der Waals surface area contributed by atoms with E-state index in [-0.39, 0.29) is 18.1 Å². The fourth-order valence-corrected chi connectivity index (χ4v) is 2.77. The molecule has 1 aromatic rings. The molecule has 4 nitrogen and oxygen atoms in total. The van der Waals surface area contributed by atoms with Gasteiger partial charge in [-0.2, -0.15) is 0 Å². The van der Waals surface area contributed by atoms with Crippen LogP contribution in [0.2, 0.25) is 0 Å². The van der Waals surface area contributed by atoms with Gasteiger partial charge in [-0.05, 0) is 18.1 Å². The second kappa shape index (κ2) is 7.78. The minimum atomic E-state index is -3.30. The standard InChI is InChI=1S/C16H21NO3S/c1-4-14(3)21(19,20)11-10-16(18)17-12-13(2)15-8-6-5-7-9-15/h4-9,14H,1-2,10-12H2,3H3,(H,17,18). The summed E-state index contributed by atoms with van der Waals surface area (Å²) in [6, 6.07) is 9.51. The highest BCUT2D eigenvalue weighted by atomic mass is 32.2. The molecule has 1 amide bonds. The normalized spacial score (nSPS) is 12.4. The van der Waals surface area contributed by atoms with Crippen LogP contribution < -0.4 is 5.32 Å². The first-order valence-electron chi connectivity index (χ1n) is 6.71. The van der Waals surface area contributed by atoms with Gasteiger partial charge in [0, 0.05) is 13.0 Å². The lowest BCUT2D eigenvalue weighted by Gasteiger charge is -2.10. The van der Waals surface area contributed by atoms with Crippen LogP contribution in [0.3, 0.4) is 0 Å².